The van der Waals surface area contributed by atoms with E-state index in [2.05, 4.69) is 29.9 Å². The van der Waals surface area contributed by atoms with Gasteiger partial charge in [-0.2, -0.15) is 0 Å². The van der Waals surface area contributed by atoms with Crippen LogP contribution in [0.2, 0.25) is 5.02 Å². The Morgan fingerprint density at radius 1 is 1.35 bits per heavy atom. The predicted molar refractivity (Wildman–Crippen MR) is 72.7 cm³/mol. The van der Waals surface area contributed by atoms with Crippen LogP contribution in [0.3, 0.4) is 0 Å². The summed E-state index contributed by atoms with van der Waals surface area (Å²) in [5.41, 5.74) is 5.42. The predicted octanol–water partition coefficient (Wildman–Crippen LogP) is 3.18. The van der Waals surface area contributed by atoms with Gasteiger partial charge in [-0.3, -0.25) is 0 Å². The highest BCUT2D eigenvalue weighted by Gasteiger charge is 2.18. The molecule has 0 aliphatic carbocycles. The molecule has 3 rings (SSSR count). The van der Waals surface area contributed by atoms with E-state index in [-0.39, 0.29) is 0 Å². The summed E-state index contributed by atoms with van der Waals surface area (Å²) in [6.07, 6.45) is 2.38. The fourth-order valence-electron chi connectivity index (χ4n) is 2.95. The van der Waals surface area contributed by atoms with Gasteiger partial charge in [-0.1, -0.05) is 17.7 Å². The van der Waals surface area contributed by atoms with Gasteiger partial charge in [-0.05, 0) is 43.5 Å². The van der Waals surface area contributed by atoms with E-state index in [1.807, 2.05) is 6.07 Å². The van der Waals surface area contributed by atoms with Crippen molar-refractivity contribution >= 4 is 22.5 Å². The minimum atomic E-state index is 0.862. The molecule has 3 heteroatoms. The maximum Gasteiger partial charge on any atom is 0.0527 e. The van der Waals surface area contributed by atoms with Gasteiger partial charge in [0, 0.05) is 29.7 Å². The molecule has 1 aliphatic rings. The molecule has 1 aliphatic heterocycles. The van der Waals surface area contributed by atoms with Crippen molar-refractivity contribution in [3.63, 3.8) is 0 Å². The zero-order valence-electron chi connectivity index (χ0n) is 10.3. The molecule has 2 nitrogen and oxygen atoms in total. The van der Waals surface area contributed by atoms with Crippen LogP contribution in [-0.2, 0) is 20.0 Å². The molecule has 2 heterocycles. The largest absolute Gasteiger partial charge is 0.346 e. The topological polar surface area (TPSA) is 17.0 Å². The number of benzene rings is 1. The molecule has 0 bridgehead atoms. The lowest BCUT2D eigenvalue weighted by Crippen LogP contribution is -2.14. The summed E-state index contributed by atoms with van der Waals surface area (Å²) in [5.74, 6) is 0. The molecule has 0 amide bonds. The van der Waals surface area contributed by atoms with Gasteiger partial charge in [0.2, 0.25) is 0 Å². The molecule has 17 heavy (non-hydrogen) atoms. The number of aromatic nitrogens is 1. The first kappa shape index (κ1) is 11.1. The molecule has 1 aromatic heterocycles. The van der Waals surface area contributed by atoms with Crippen molar-refractivity contribution in [3.8, 4) is 0 Å². The Labute approximate surface area is 107 Å². The number of nitrogens with zero attached hydrogens (tertiary/aromatic N) is 1. The Balaban J connectivity index is 2.37. The second-order valence-corrected chi connectivity index (χ2v) is 5.24. The van der Waals surface area contributed by atoms with Crippen LogP contribution in [0.25, 0.3) is 10.9 Å². The highest BCUT2D eigenvalue weighted by molar-refractivity contribution is 6.32. The van der Waals surface area contributed by atoms with Crippen molar-refractivity contribution in [1.29, 1.82) is 0 Å². The Morgan fingerprint density at radius 3 is 3.00 bits per heavy atom. The van der Waals surface area contributed by atoms with Crippen LogP contribution < -0.4 is 5.32 Å². The zero-order chi connectivity index (χ0) is 12.0. The molecule has 1 N–H and O–H groups in total. The normalized spacial score (nSPS) is 15.9. The van der Waals surface area contributed by atoms with E-state index in [1.165, 1.54) is 40.6 Å². The third-order valence-electron chi connectivity index (χ3n) is 3.85. The number of hydrogen-bond donors (Lipinski definition) is 1. The van der Waals surface area contributed by atoms with E-state index < -0.39 is 0 Å². The Bertz CT molecular complexity index is 584. The van der Waals surface area contributed by atoms with Gasteiger partial charge in [0.05, 0.1) is 5.52 Å². The number of nitrogens with one attached hydrogen (secondary N) is 1. The lowest BCUT2D eigenvalue weighted by atomic mass is 10.0. The van der Waals surface area contributed by atoms with E-state index >= 15 is 0 Å². The quantitative estimate of drug-likeness (QED) is 0.758. The number of hydrogen-bond acceptors (Lipinski definition) is 1. The van der Waals surface area contributed by atoms with Crippen LogP contribution in [0.4, 0.5) is 0 Å². The lowest BCUT2D eigenvalue weighted by molar-refractivity contribution is 0.660. The maximum atomic E-state index is 6.23. The van der Waals surface area contributed by atoms with E-state index in [1.54, 1.807) is 0 Å². The van der Waals surface area contributed by atoms with E-state index in [9.17, 15) is 0 Å². The molecule has 2 aromatic rings. The van der Waals surface area contributed by atoms with Gasteiger partial charge in [0.1, 0.15) is 0 Å². The molecule has 0 saturated carbocycles. The monoisotopic (exact) mass is 248 g/mol. The lowest BCUT2D eigenvalue weighted by Gasteiger charge is -2.06. The van der Waals surface area contributed by atoms with Gasteiger partial charge < -0.3 is 9.88 Å². The van der Waals surface area contributed by atoms with Crippen LogP contribution in [0.5, 0.6) is 0 Å². The summed E-state index contributed by atoms with van der Waals surface area (Å²) in [5, 5.41) is 5.73. The number of fused-ring (bicyclic) bond motifs is 3. The van der Waals surface area contributed by atoms with E-state index in [0.29, 0.717) is 0 Å². The summed E-state index contributed by atoms with van der Waals surface area (Å²) >= 11 is 6.23. The number of halogens is 1. The average molecular weight is 249 g/mol. The molecule has 0 atom stereocenters. The maximum absolute atomic E-state index is 6.23. The van der Waals surface area contributed by atoms with Crippen LogP contribution in [0.1, 0.15) is 23.2 Å². The number of aryl methyl sites for hydroxylation is 3. The molecule has 0 saturated heterocycles. The van der Waals surface area contributed by atoms with Crippen molar-refractivity contribution in [2.75, 3.05) is 6.54 Å². The highest BCUT2D eigenvalue weighted by Crippen LogP contribution is 2.33. The summed E-state index contributed by atoms with van der Waals surface area (Å²) in [4.78, 5) is 0. The van der Waals surface area contributed by atoms with Gasteiger partial charge in [-0.15, -0.1) is 0 Å². The molecular formula is C14H17ClN2. The van der Waals surface area contributed by atoms with Crippen molar-refractivity contribution in [3.05, 3.63) is 34.0 Å². The second-order valence-electron chi connectivity index (χ2n) is 4.83. The molecule has 0 spiro atoms. The molecule has 0 unspecified atom stereocenters. The fourth-order valence-corrected chi connectivity index (χ4v) is 3.10. The van der Waals surface area contributed by atoms with Crippen molar-refractivity contribution in [2.24, 2.45) is 7.05 Å². The van der Waals surface area contributed by atoms with Crippen molar-refractivity contribution < 1.29 is 0 Å². The Morgan fingerprint density at radius 2 is 2.18 bits per heavy atom. The first-order valence-electron chi connectivity index (χ1n) is 6.16. The second kappa shape index (κ2) is 4.04. The third kappa shape index (κ3) is 1.59. The summed E-state index contributed by atoms with van der Waals surface area (Å²) in [6, 6.07) is 4.20. The first-order valence-corrected chi connectivity index (χ1v) is 6.54. The minimum Gasteiger partial charge on any atom is -0.346 e. The molecule has 1 aromatic carbocycles. The van der Waals surface area contributed by atoms with Crippen LogP contribution in [-0.4, -0.2) is 11.1 Å². The standard InChI is InChI=1S/C14H17ClN2/c1-9-12(15)6-5-11-10-4-3-7-16-8-13(10)17(2)14(9)11/h5-6,16H,3-4,7-8H2,1-2H3. The Hall–Kier alpha value is -0.990. The van der Waals surface area contributed by atoms with Gasteiger partial charge in [-0.25, -0.2) is 0 Å². The van der Waals surface area contributed by atoms with Crippen molar-refractivity contribution in [2.45, 2.75) is 26.3 Å². The molecule has 0 radical (unpaired) electrons. The van der Waals surface area contributed by atoms with Crippen LogP contribution in [0, 0.1) is 6.92 Å². The molecule has 0 fully saturated rings. The van der Waals surface area contributed by atoms with E-state index in [4.69, 9.17) is 11.6 Å². The van der Waals surface area contributed by atoms with Crippen LogP contribution >= 0.6 is 11.6 Å². The summed E-state index contributed by atoms with van der Waals surface area (Å²) in [6.45, 7) is 4.19. The molecular weight excluding hydrogens is 232 g/mol. The van der Waals surface area contributed by atoms with Gasteiger partial charge in [0.15, 0.2) is 0 Å². The zero-order valence-corrected chi connectivity index (χ0v) is 11.1. The summed E-state index contributed by atoms with van der Waals surface area (Å²) in [7, 11) is 2.15. The SMILES string of the molecule is Cc1c(Cl)ccc2c3c(n(C)c12)CNCCC3. The minimum absolute atomic E-state index is 0.862. The van der Waals surface area contributed by atoms with Gasteiger partial charge >= 0.3 is 0 Å². The van der Waals surface area contributed by atoms with E-state index in [0.717, 1.165) is 18.1 Å². The Kier molecular flexibility index (Phi) is 2.64. The number of rotatable bonds is 0. The highest BCUT2D eigenvalue weighted by atomic mass is 35.5. The third-order valence-corrected chi connectivity index (χ3v) is 4.26. The fraction of sp³-hybridized carbons (Fsp3) is 0.429. The average Bonchev–Trinajstić information content (AvgIpc) is 2.52. The molecule has 90 valence electrons. The van der Waals surface area contributed by atoms with Crippen molar-refractivity contribution in [1.82, 2.24) is 9.88 Å². The smallest absolute Gasteiger partial charge is 0.0527 e. The summed E-state index contributed by atoms with van der Waals surface area (Å²) < 4.78 is 2.31. The van der Waals surface area contributed by atoms with Crippen LogP contribution in [0.15, 0.2) is 12.1 Å². The van der Waals surface area contributed by atoms with Gasteiger partial charge in [0.25, 0.3) is 0 Å². The first-order chi connectivity index (χ1) is 8.20.